The summed E-state index contributed by atoms with van der Waals surface area (Å²) in [6.45, 7) is 0.153. The average Bonchev–Trinajstić information content (AvgIpc) is 3.67. The van der Waals surface area contributed by atoms with Crippen molar-refractivity contribution in [1.29, 1.82) is 0 Å². The van der Waals surface area contributed by atoms with Crippen LogP contribution in [0.2, 0.25) is 0 Å². The number of aromatic hydroxyl groups is 1. The predicted octanol–water partition coefficient (Wildman–Crippen LogP) is -3.54. The largest absolute Gasteiger partial charge is 1.00 e. The Bertz CT molecular complexity index is 1290. The van der Waals surface area contributed by atoms with Gasteiger partial charge in [-0.15, -0.1) is 0 Å². The van der Waals surface area contributed by atoms with E-state index in [1.54, 1.807) is 24.3 Å². The van der Waals surface area contributed by atoms with Crippen LogP contribution in [0.4, 0.5) is 0 Å². The number of phenolic OH excluding ortho intramolecular Hbond substituents is 1. The first kappa shape index (κ1) is 33.3. The summed E-state index contributed by atoms with van der Waals surface area (Å²) in [4.78, 5) is 67.3. The number of likely N-dealkylation sites (tertiary alicyclic amines) is 2. The molecule has 4 amide bonds. The minimum atomic E-state index is -1.18. The maximum absolute atomic E-state index is 13.8. The van der Waals surface area contributed by atoms with Gasteiger partial charge < -0.3 is 48.8 Å². The van der Waals surface area contributed by atoms with Crippen molar-refractivity contribution in [2.75, 3.05) is 19.6 Å². The van der Waals surface area contributed by atoms with Crippen molar-refractivity contribution in [3.63, 3.8) is 0 Å². The van der Waals surface area contributed by atoms with Gasteiger partial charge in [-0.05, 0) is 48.9 Å². The van der Waals surface area contributed by atoms with Crippen LogP contribution in [0.1, 0.15) is 36.8 Å². The minimum Gasteiger partial charge on any atom is -1.00 e. The van der Waals surface area contributed by atoms with Crippen molar-refractivity contribution >= 4 is 29.6 Å². The molecule has 2 aliphatic heterocycles. The second-order valence-corrected chi connectivity index (χ2v) is 10.8. The third-order valence-electron chi connectivity index (χ3n) is 7.76. The lowest BCUT2D eigenvalue weighted by Crippen LogP contribution is -3.00. The van der Waals surface area contributed by atoms with E-state index in [1.807, 2.05) is 30.3 Å². The van der Waals surface area contributed by atoms with E-state index in [1.165, 1.54) is 9.80 Å². The number of nitrogens with zero attached hydrogens (tertiary/aromatic N) is 2. The van der Waals surface area contributed by atoms with E-state index in [4.69, 9.17) is 5.11 Å². The minimum absolute atomic E-state index is 0. The van der Waals surface area contributed by atoms with Crippen LogP contribution in [0.5, 0.6) is 5.75 Å². The van der Waals surface area contributed by atoms with Gasteiger partial charge in [0.25, 0.3) is 5.91 Å². The molecule has 0 saturated carbocycles. The molecule has 0 spiro atoms. The zero-order valence-corrected chi connectivity index (χ0v) is 24.5. The summed E-state index contributed by atoms with van der Waals surface area (Å²) in [5.74, 6) is -2.74. The summed E-state index contributed by atoms with van der Waals surface area (Å²) >= 11 is 0. The number of phenols is 1. The molecule has 4 atom stereocenters. The fourth-order valence-electron chi connectivity index (χ4n) is 5.64. The fraction of sp³-hybridized carbons (Fsp3) is 0.433. The van der Waals surface area contributed by atoms with Gasteiger partial charge in [0, 0.05) is 25.9 Å². The first-order valence-corrected chi connectivity index (χ1v) is 14.2. The lowest BCUT2D eigenvalue weighted by molar-refractivity contribution is -0.405. The normalized spacial score (nSPS) is 19.2. The van der Waals surface area contributed by atoms with E-state index in [0.717, 1.165) is 11.1 Å². The summed E-state index contributed by atoms with van der Waals surface area (Å²) in [6, 6.07) is 12.5. The SMILES string of the molecule is [Cl-].[NH3+]C(Cc1ccc(O)cc1)C(=O)N1CCCC1C(=O)NC(Cc1ccccc1)C(=O)N1CCCC1C(=O)NCC(=O)O. The van der Waals surface area contributed by atoms with Gasteiger partial charge in [0.05, 0.1) is 0 Å². The molecule has 2 aromatic rings. The molecule has 7 N–H and O–H groups in total. The quantitative estimate of drug-likeness (QED) is 0.173. The number of carbonyl (C=O) groups is 5. The Morgan fingerprint density at radius 2 is 1.37 bits per heavy atom. The zero-order chi connectivity index (χ0) is 30.2. The molecule has 2 aliphatic rings. The number of quaternary nitrogens is 1. The Kier molecular flexibility index (Phi) is 11.9. The Hall–Kier alpha value is -4.16. The molecular formula is C30H38ClN5O7. The molecule has 2 saturated heterocycles. The van der Waals surface area contributed by atoms with Crippen LogP contribution in [-0.2, 0) is 36.8 Å². The molecule has 4 rings (SSSR count). The number of benzene rings is 2. The maximum atomic E-state index is 13.8. The zero-order valence-electron chi connectivity index (χ0n) is 23.8. The number of carbonyl (C=O) groups excluding carboxylic acids is 4. The van der Waals surface area contributed by atoms with E-state index in [9.17, 15) is 29.1 Å². The first-order chi connectivity index (χ1) is 20.1. The van der Waals surface area contributed by atoms with Crippen LogP contribution in [-0.4, -0.2) is 93.4 Å². The fourth-order valence-corrected chi connectivity index (χ4v) is 5.64. The molecule has 0 aromatic heterocycles. The number of hydrogen-bond acceptors (Lipinski definition) is 6. The smallest absolute Gasteiger partial charge is 0.322 e. The number of nitrogens with one attached hydrogen (secondary N) is 2. The summed E-state index contributed by atoms with van der Waals surface area (Å²) < 4.78 is 0. The van der Waals surface area contributed by atoms with Crippen LogP contribution in [0.15, 0.2) is 54.6 Å². The number of carboxylic acids is 1. The number of rotatable bonds is 11. The topological polar surface area (TPSA) is 184 Å². The van der Waals surface area contributed by atoms with Crippen LogP contribution in [0.25, 0.3) is 0 Å². The first-order valence-electron chi connectivity index (χ1n) is 14.2. The summed E-state index contributed by atoms with van der Waals surface area (Å²) in [5, 5.41) is 23.7. The summed E-state index contributed by atoms with van der Waals surface area (Å²) in [7, 11) is 0. The highest BCUT2D eigenvalue weighted by Crippen LogP contribution is 2.22. The van der Waals surface area contributed by atoms with Crippen molar-refractivity contribution in [1.82, 2.24) is 20.4 Å². The van der Waals surface area contributed by atoms with E-state index in [-0.39, 0.29) is 30.5 Å². The van der Waals surface area contributed by atoms with Gasteiger partial charge in [-0.25, -0.2) is 0 Å². The Balaban J connectivity index is 0.00000506. The van der Waals surface area contributed by atoms with Crippen LogP contribution in [0.3, 0.4) is 0 Å². The standard InChI is InChI=1S/C30H37N5O7.ClH/c31-22(16-20-10-12-21(36)13-11-20)29(41)34-14-5-9-25(34)28(40)33-23(17-19-6-2-1-3-7-19)30(42)35-15-4-8-24(35)27(39)32-18-26(37)38;/h1-3,6-7,10-13,22-25,36H,4-5,8-9,14-18,31H2,(H,32,39)(H,33,40)(H,37,38);1H. The molecule has 12 nitrogen and oxygen atoms in total. The average molecular weight is 616 g/mol. The third kappa shape index (κ3) is 8.68. The van der Waals surface area contributed by atoms with Gasteiger partial charge in [-0.2, -0.15) is 0 Å². The molecule has 4 unspecified atom stereocenters. The highest BCUT2D eigenvalue weighted by atomic mass is 35.5. The van der Waals surface area contributed by atoms with Gasteiger partial charge >= 0.3 is 5.97 Å². The second-order valence-electron chi connectivity index (χ2n) is 10.8. The molecule has 13 heteroatoms. The Labute approximate surface area is 256 Å². The third-order valence-corrected chi connectivity index (χ3v) is 7.76. The molecule has 0 radical (unpaired) electrons. The van der Waals surface area contributed by atoms with E-state index < -0.39 is 54.4 Å². The molecule has 0 aliphatic carbocycles. The highest BCUT2D eigenvalue weighted by Gasteiger charge is 2.41. The lowest BCUT2D eigenvalue weighted by Gasteiger charge is -2.31. The number of hydrogen-bond donors (Lipinski definition) is 5. The van der Waals surface area contributed by atoms with Crippen molar-refractivity contribution in [2.24, 2.45) is 0 Å². The van der Waals surface area contributed by atoms with Gasteiger partial charge in [-0.1, -0.05) is 42.5 Å². The van der Waals surface area contributed by atoms with Crippen molar-refractivity contribution in [2.45, 2.75) is 62.7 Å². The molecule has 2 fully saturated rings. The monoisotopic (exact) mass is 615 g/mol. The Morgan fingerprint density at radius 3 is 1.98 bits per heavy atom. The van der Waals surface area contributed by atoms with Crippen molar-refractivity contribution in [3.05, 3.63) is 65.7 Å². The molecule has 2 heterocycles. The number of amides is 4. The maximum Gasteiger partial charge on any atom is 0.322 e. The number of carboxylic acid groups (broad SMARTS) is 1. The van der Waals surface area contributed by atoms with Gasteiger partial charge in [0.1, 0.15) is 30.4 Å². The second kappa shape index (κ2) is 15.4. The Morgan fingerprint density at radius 1 is 0.814 bits per heavy atom. The van der Waals surface area contributed by atoms with E-state index >= 15 is 0 Å². The number of aliphatic carboxylic acids is 1. The van der Waals surface area contributed by atoms with Crippen molar-refractivity contribution in [3.8, 4) is 5.75 Å². The molecule has 2 aromatic carbocycles. The summed E-state index contributed by atoms with van der Waals surface area (Å²) in [6.07, 6.45) is 2.56. The van der Waals surface area contributed by atoms with Gasteiger partial charge in [0.15, 0.2) is 6.04 Å². The molecule has 0 bridgehead atoms. The number of halogens is 1. The predicted molar refractivity (Wildman–Crippen MR) is 151 cm³/mol. The van der Waals surface area contributed by atoms with Gasteiger partial charge in [0.2, 0.25) is 17.7 Å². The van der Waals surface area contributed by atoms with Crippen LogP contribution >= 0.6 is 0 Å². The van der Waals surface area contributed by atoms with Crippen LogP contribution < -0.4 is 28.8 Å². The van der Waals surface area contributed by atoms with E-state index in [2.05, 4.69) is 16.4 Å². The van der Waals surface area contributed by atoms with E-state index in [0.29, 0.717) is 45.2 Å². The molecular weight excluding hydrogens is 578 g/mol. The van der Waals surface area contributed by atoms with Gasteiger partial charge in [-0.3, -0.25) is 24.0 Å². The highest BCUT2D eigenvalue weighted by molar-refractivity contribution is 5.95. The van der Waals surface area contributed by atoms with Crippen molar-refractivity contribution < 1.29 is 52.3 Å². The summed E-state index contributed by atoms with van der Waals surface area (Å²) in [5.41, 5.74) is 5.67. The molecule has 43 heavy (non-hydrogen) atoms. The lowest BCUT2D eigenvalue weighted by atomic mass is 10.0. The van der Waals surface area contributed by atoms with Crippen LogP contribution in [0, 0.1) is 0 Å². The molecule has 232 valence electrons.